The molecule has 0 aliphatic heterocycles. The van der Waals surface area contributed by atoms with Crippen molar-refractivity contribution >= 4 is 34.7 Å². The first-order chi connectivity index (χ1) is 11.6. The summed E-state index contributed by atoms with van der Waals surface area (Å²) in [7, 11) is 0. The van der Waals surface area contributed by atoms with Gasteiger partial charge in [0.1, 0.15) is 0 Å². The molecular weight excluding hydrogens is 328 g/mol. The molecule has 2 rings (SSSR count). The van der Waals surface area contributed by atoms with Gasteiger partial charge in [-0.25, -0.2) is 0 Å². The van der Waals surface area contributed by atoms with E-state index in [0.717, 1.165) is 4.90 Å². The molecule has 2 N–H and O–H groups in total. The summed E-state index contributed by atoms with van der Waals surface area (Å²) in [6, 6.07) is 15.2. The SMILES string of the molecule is N#CCSc1ccccc1NC(=O)CNc1cccc([N+](=O)[O-])c1. The molecule has 122 valence electrons. The number of benzene rings is 2. The van der Waals surface area contributed by atoms with Crippen LogP contribution in [0.1, 0.15) is 0 Å². The van der Waals surface area contributed by atoms with Crippen LogP contribution >= 0.6 is 11.8 Å². The van der Waals surface area contributed by atoms with E-state index in [4.69, 9.17) is 5.26 Å². The monoisotopic (exact) mass is 342 g/mol. The molecular formula is C16H14N4O3S. The lowest BCUT2D eigenvalue weighted by Gasteiger charge is -2.10. The third-order valence-electron chi connectivity index (χ3n) is 2.96. The smallest absolute Gasteiger partial charge is 0.271 e. The molecule has 0 radical (unpaired) electrons. The first-order valence-electron chi connectivity index (χ1n) is 6.97. The van der Waals surface area contributed by atoms with E-state index < -0.39 is 4.92 Å². The number of nitrogens with one attached hydrogen (secondary N) is 2. The molecule has 0 aromatic heterocycles. The summed E-state index contributed by atoms with van der Waals surface area (Å²) in [4.78, 5) is 23.1. The minimum atomic E-state index is -0.492. The zero-order chi connectivity index (χ0) is 17.4. The van der Waals surface area contributed by atoms with Crippen molar-refractivity contribution in [1.29, 1.82) is 5.26 Å². The number of nitro benzene ring substituents is 1. The highest BCUT2D eigenvalue weighted by Gasteiger charge is 2.09. The second-order valence-electron chi connectivity index (χ2n) is 4.65. The van der Waals surface area contributed by atoms with E-state index in [1.54, 1.807) is 24.3 Å². The van der Waals surface area contributed by atoms with Crippen LogP contribution in [0.4, 0.5) is 17.1 Å². The molecule has 0 saturated carbocycles. The minimum absolute atomic E-state index is 0.0293. The fraction of sp³-hybridized carbons (Fsp3) is 0.125. The molecule has 0 aliphatic carbocycles. The van der Waals surface area contributed by atoms with Gasteiger partial charge in [0, 0.05) is 22.7 Å². The van der Waals surface area contributed by atoms with E-state index in [2.05, 4.69) is 10.6 Å². The van der Waals surface area contributed by atoms with Gasteiger partial charge in [-0.05, 0) is 18.2 Å². The van der Waals surface area contributed by atoms with Crippen LogP contribution in [0.25, 0.3) is 0 Å². The van der Waals surface area contributed by atoms with Crippen LogP contribution in [-0.4, -0.2) is 23.1 Å². The predicted molar refractivity (Wildman–Crippen MR) is 93.0 cm³/mol. The number of thioether (sulfide) groups is 1. The lowest BCUT2D eigenvalue weighted by atomic mass is 10.3. The van der Waals surface area contributed by atoms with Gasteiger partial charge in [0.25, 0.3) is 5.69 Å². The average Bonchev–Trinajstić information content (AvgIpc) is 2.59. The zero-order valence-corrected chi connectivity index (χ0v) is 13.4. The fourth-order valence-electron chi connectivity index (χ4n) is 1.91. The van der Waals surface area contributed by atoms with Crippen molar-refractivity contribution in [2.24, 2.45) is 0 Å². The summed E-state index contributed by atoms with van der Waals surface area (Å²) in [5.41, 5.74) is 1.08. The van der Waals surface area contributed by atoms with Crippen LogP contribution in [0.3, 0.4) is 0 Å². The minimum Gasteiger partial charge on any atom is -0.376 e. The van der Waals surface area contributed by atoms with Crippen molar-refractivity contribution in [2.75, 3.05) is 22.9 Å². The van der Waals surface area contributed by atoms with Crippen molar-refractivity contribution in [1.82, 2.24) is 0 Å². The molecule has 1 amide bonds. The van der Waals surface area contributed by atoms with Gasteiger partial charge in [0.15, 0.2) is 0 Å². The van der Waals surface area contributed by atoms with E-state index in [9.17, 15) is 14.9 Å². The van der Waals surface area contributed by atoms with E-state index in [-0.39, 0.29) is 18.1 Å². The Morgan fingerprint density at radius 1 is 1.25 bits per heavy atom. The van der Waals surface area contributed by atoms with Gasteiger partial charge in [-0.1, -0.05) is 18.2 Å². The Morgan fingerprint density at radius 2 is 2.04 bits per heavy atom. The quantitative estimate of drug-likeness (QED) is 0.454. The topological polar surface area (TPSA) is 108 Å². The van der Waals surface area contributed by atoms with Crippen molar-refractivity contribution in [2.45, 2.75) is 4.90 Å². The van der Waals surface area contributed by atoms with Crippen LogP contribution in [0, 0.1) is 21.4 Å². The lowest BCUT2D eigenvalue weighted by molar-refractivity contribution is -0.384. The summed E-state index contributed by atoms with van der Waals surface area (Å²) < 4.78 is 0. The highest BCUT2D eigenvalue weighted by atomic mass is 32.2. The molecule has 0 aliphatic rings. The molecule has 0 unspecified atom stereocenters. The van der Waals surface area contributed by atoms with Gasteiger partial charge in [-0.15, -0.1) is 11.8 Å². The second kappa shape index (κ2) is 8.55. The molecule has 0 bridgehead atoms. The number of nitro groups is 1. The predicted octanol–water partition coefficient (Wildman–Crippen LogP) is 3.26. The Bertz CT molecular complexity index is 789. The summed E-state index contributed by atoms with van der Waals surface area (Å²) in [6.45, 7) is -0.0293. The average molecular weight is 342 g/mol. The third-order valence-corrected chi connectivity index (χ3v) is 3.90. The number of hydrogen-bond donors (Lipinski definition) is 2. The molecule has 7 nitrogen and oxygen atoms in total. The third kappa shape index (κ3) is 5.00. The zero-order valence-electron chi connectivity index (χ0n) is 12.6. The normalized spacial score (nSPS) is 9.79. The van der Waals surface area contributed by atoms with E-state index in [0.29, 0.717) is 17.1 Å². The molecule has 0 heterocycles. The largest absolute Gasteiger partial charge is 0.376 e. The van der Waals surface area contributed by atoms with Gasteiger partial charge in [0.05, 0.1) is 29.0 Å². The molecule has 8 heteroatoms. The Labute approximate surface area is 142 Å². The molecule has 0 saturated heterocycles. The highest BCUT2D eigenvalue weighted by molar-refractivity contribution is 7.99. The maximum Gasteiger partial charge on any atom is 0.271 e. The Morgan fingerprint density at radius 3 is 2.79 bits per heavy atom. The van der Waals surface area contributed by atoms with Crippen LogP contribution in [0.5, 0.6) is 0 Å². The van der Waals surface area contributed by atoms with Crippen molar-refractivity contribution in [3.05, 3.63) is 58.6 Å². The highest BCUT2D eigenvalue weighted by Crippen LogP contribution is 2.26. The van der Waals surface area contributed by atoms with Crippen molar-refractivity contribution in [3.8, 4) is 6.07 Å². The summed E-state index contributed by atoms with van der Waals surface area (Å²) in [5.74, 6) is 0.00486. The number of rotatable bonds is 7. The van der Waals surface area contributed by atoms with Gasteiger partial charge < -0.3 is 10.6 Å². The number of para-hydroxylation sites is 1. The Hall–Kier alpha value is -3.05. The van der Waals surface area contributed by atoms with E-state index in [1.807, 2.05) is 18.2 Å². The molecule has 0 atom stereocenters. The first kappa shape index (κ1) is 17.3. The van der Waals surface area contributed by atoms with E-state index in [1.165, 1.54) is 23.9 Å². The second-order valence-corrected chi connectivity index (χ2v) is 5.67. The van der Waals surface area contributed by atoms with Crippen LogP contribution in [0.2, 0.25) is 0 Å². The Kier molecular flexibility index (Phi) is 6.16. The van der Waals surface area contributed by atoms with Crippen LogP contribution in [-0.2, 0) is 4.79 Å². The first-order valence-corrected chi connectivity index (χ1v) is 7.95. The number of nitrogens with zero attached hydrogens (tertiary/aromatic N) is 2. The molecule has 0 fully saturated rings. The molecule has 2 aromatic rings. The van der Waals surface area contributed by atoms with Crippen molar-refractivity contribution < 1.29 is 9.72 Å². The van der Waals surface area contributed by atoms with Crippen molar-refractivity contribution in [3.63, 3.8) is 0 Å². The van der Waals surface area contributed by atoms with Crippen LogP contribution < -0.4 is 10.6 Å². The maximum atomic E-state index is 12.0. The number of carbonyl (C=O) groups excluding carboxylic acids is 1. The maximum absolute atomic E-state index is 12.0. The number of amides is 1. The van der Waals surface area contributed by atoms with Gasteiger partial charge in [-0.2, -0.15) is 5.26 Å². The number of anilines is 2. The standard InChI is InChI=1S/C16H14N4O3S/c17-8-9-24-15-7-2-1-6-14(15)19-16(21)11-18-12-4-3-5-13(10-12)20(22)23/h1-7,10,18H,9,11H2,(H,19,21). The summed E-state index contributed by atoms with van der Waals surface area (Å²) >= 11 is 1.34. The Balaban J connectivity index is 1.96. The lowest BCUT2D eigenvalue weighted by Crippen LogP contribution is -2.22. The number of non-ortho nitro benzene ring substituents is 1. The van der Waals surface area contributed by atoms with E-state index >= 15 is 0 Å². The van der Waals surface area contributed by atoms with Gasteiger partial charge >= 0.3 is 0 Å². The number of carbonyl (C=O) groups is 1. The number of hydrogen-bond acceptors (Lipinski definition) is 6. The van der Waals surface area contributed by atoms with Gasteiger partial charge in [-0.3, -0.25) is 14.9 Å². The van der Waals surface area contributed by atoms with Crippen LogP contribution in [0.15, 0.2) is 53.4 Å². The molecule has 2 aromatic carbocycles. The fourth-order valence-corrected chi connectivity index (χ4v) is 2.58. The van der Waals surface area contributed by atoms with Gasteiger partial charge in [0.2, 0.25) is 5.91 Å². The summed E-state index contributed by atoms with van der Waals surface area (Å²) in [6.07, 6.45) is 0. The molecule has 0 spiro atoms. The number of nitriles is 1. The molecule has 24 heavy (non-hydrogen) atoms. The summed E-state index contributed by atoms with van der Waals surface area (Å²) in [5, 5.41) is 25.0.